The van der Waals surface area contributed by atoms with E-state index in [9.17, 15) is 4.79 Å². The van der Waals surface area contributed by atoms with Crippen molar-refractivity contribution in [2.24, 2.45) is 5.92 Å². The summed E-state index contributed by atoms with van der Waals surface area (Å²) in [6.45, 7) is 8.27. The molecule has 1 rings (SSSR count). The van der Waals surface area contributed by atoms with Crippen molar-refractivity contribution in [3.63, 3.8) is 0 Å². The van der Waals surface area contributed by atoms with E-state index >= 15 is 0 Å². The molecular weight excluding hydrogens is 142 g/mol. The number of carbonyl (C=O) groups excluding carboxylic acids is 1. The molecule has 0 unspecified atom stereocenters. The lowest BCUT2D eigenvalue weighted by Crippen LogP contribution is -2.42. The average molecular weight is 156 g/mol. The first-order chi connectivity index (χ1) is 5.22. The van der Waals surface area contributed by atoms with Crippen LogP contribution in [0.1, 0.15) is 6.92 Å². The summed E-state index contributed by atoms with van der Waals surface area (Å²) in [6, 6.07) is 0. The number of ether oxygens (including phenoxy) is 1. The third-order valence-corrected chi connectivity index (χ3v) is 1.74. The van der Waals surface area contributed by atoms with E-state index in [2.05, 4.69) is 6.92 Å². The molecular formula is C8H14NO2. The van der Waals surface area contributed by atoms with Crippen LogP contribution in [0.4, 0.5) is 0 Å². The van der Waals surface area contributed by atoms with Crippen molar-refractivity contribution >= 4 is 5.91 Å². The number of morpholine rings is 1. The zero-order chi connectivity index (χ0) is 8.27. The molecule has 1 saturated heterocycles. The van der Waals surface area contributed by atoms with Crippen LogP contribution in [0.3, 0.4) is 0 Å². The second-order valence-electron chi connectivity index (χ2n) is 2.84. The molecule has 1 fully saturated rings. The minimum absolute atomic E-state index is 0.131. The van der Waals surface area contributed by atoms with Gasteiger partial charge in [-0.25, -0.2) is 0 Å². The van der Waals surface area contributed by atoms with E-state index in [4.69, 9.17) is 4.74 Å². The fourth-order valence-electron chi connectivity index (χ4n) is 1.10. The molecule has 1 aliphatic rings. The van der Waals surface area contributed by atoms with Gasteiger partial charge in [0.05, 0.1) is 13.2 Å². The number of amides is 1. The van der Waals surface area contributed by atoms with Crippen molar-refractivity contribution in [3.8, 4) is 0 Å². The molecule has 0 aliphatic carbocycles. The highest BCUT2D eigenvalue weighted by atomic mass is 16.5. The first-order valence-electron chi connectivity index (χ1n) is 3.91. The fraction of sp³-hybridized carbons (Fsp3) is 0.750. The average Bonchev–Trinajstić information content (AvgIpc) is 2.05. The lowest BCUT2D eigenvalue weighted by molar-refractivity contribution is -0.137. The maximum Gasteiger partial charge on any atom is 0.225 e. The van der Waals surface area contributed by atoms with E-state index in [0.29, 0.717) is 13.2 Å². The summed E-state index contributed by atoms with van der Waals surface area (Å²) >= 11 is 0. The van der Waals surface area contributed by atoms with E-state index in [1.54, 1.807) is 4.90 Å². The van der Waals surface area contributed by atoms with Crippen LogP contribution in [0.2, 0.25) is 0 Å². The van der Waals surface area contributed by atoms with Gasteiger partial charge in [0, 0.05) is 19.0 Å². The van der Waals surface area contributed by atoms with Gasteiger partial charge in [0.1, 0.15) is 0 Å². The third-order valence-electron chi connectivity index (χ3n) is 1.74. The van der Waals surface area contributed by atoms with Gasteiger partial charge in [0.25, 0.3) is 0 Å². The molecule has 0 N–H and O–H groups in total. The van der Waals surface area contributed by atoms with E-state index in [1.165, 1.54) is 0 Å². The van der Waals surface area contributed by atoms with Crippen LogP contribution < -0.4 is 0 Å². The highest BCUT2D eigenvalue weighted by Crippen LogP contribution is 2.03. The Morgan fingerprint density at radius 2 is 2.09 bits per heavy atom. The van der Waals surface area contributed by atoms with Gasteiger partial charge in [-0.15, -0.1) is 0 Å². The molecule has 1 radical (unpaired) electrons. The monoisotopic (exact) mass is 156 g/mol. The summed E-state index contributed by atoms with van der Waals surface area (Å²) in [5.41, 5.74) is 0. The Morgan fingerprint density at radius 3 is 2.55 bits per heavy atom. The lowest BCUT2D eigenvalue weighted by atomic mass is 10.2. The van der Waals surface area contributed by atoms with Gasteiger partial charge in [0.15, 0.2) is 0 Å². The molecule has 1 amide bonds. The van der Waals surface area contributed by atoms with Gasteiger partial charge in [-0.3, -0.25) is 4.79 Å². The Morgan fingerprint density at radius 1 is 1.55 bits per heavy atom. The van der Waals surface area contributed by atoms with Gasteiger partial charge in [-0.05, 0) is 6.92 Å². The van der Waals surface area contributed by atoms with Crippen molar-refractivity contribution in [3.05, 3.63) is 6.92 Å². The smallest absolute Gasteiger partial charge is 0.225 e. The minimum atomic E-state index is -0.131. The van der Waals surface area contributed by atoms with Crippen LogP contribution in [0.5, 0.6) is 0 Å². The second-order valence-corrected chi connectivity index (χ2v) is 2.84. The van der Waals surface area contributed by atoms with Crippen LogP contribution in [-0.2, 0) is 9.53 Å². The summed E-state index contributed by atoms with van der Waals surface area (Å²) in [7, 11) is 0. The number of rotatable bonds is 1. The zero-order valence-corrected chi connectivity index (χ0v) is 6.88. The Bertz CT molecular complexity index is 139. The zero-order valence-electron chi connectivity index (χ0n) is 6.88. The normalized spacial score (nSPS) is 19.0. The van der Waals surface area contributed by atoms with Crippen molar-refractivity contribution in [1.82, 2.24) is 4.90 Å². The summed E-state index contributed by atoms with van der Waals surface area (Å²) in [4.78, 5) is 13.1. The Kier molecular flexibility index (Phi) is 2.88. The molecule has 0 bridgehead atoms. The molecule has 3 heteroatoms. The SMILES string of the molecule is [CH2][C@@H](C)C(=O)N1CCOCC1. The molecule has 11 heavy (non-hydrogen) atoms. The third kappa shape index (κ3) is 2.19. The molecule has 63 valence electrons. The van der Waals surface area contributed by atoms with Gasteiger partial charge in [-0.2, -0.15) is 0 Å². The maximum absolute atomic E-state index is 11.3. The van der Waals surface area contributed by atoms with Crippen molar-refractivity contribution < 1.29 is 9.53 Å². The molecule has 0 aromatic carbocycles. The van der Waals surface area contributed by atoms with Gasteiger partial charge >= 0.3 is 0 Å². The van der Waals surface area contributed by atoms with Crippen LogP contribution in [-0.4, -0.2) is 37.1 Å². The van der Waals surface area contributed by atoms with E-state index < -0.39 is 0 Å². The predicted molar refractivity (Wildman–Crippen MR) is 41.9 cm³/mol. The number of hydrogen-bond acceptors (Lipinski definition) is 2. The summed E-state index contributed by atoms with van der Waals surface area (Å²) in [5.74, 6) is 0.00130. The quantitative estimate of drug-likeness (QED) is 0.547. The summed E-state index contributed by atoms with van der Waals surface area (Å²) in [5, 5.41) is 0. The topological polar surface area (TPSA) is 29.5 Å². The molecule has 3 nitrogen and oxygen atoms in total. The minimum Gasteiger partial charge on any atom is -0.378 e. The molecule has 1 heterocycles. The van der Waals surface area contributed by atoms with Crippen molar-refractivity contribution in [1.29, 1.82) is 0 Å². The molecule has 0 saturated carbocycles. The van der Waals surface area contributed by atoms with Gasteiger partial charge < -0.3 is 9.64 Å². The Hall–Kier alpha value is -0.570. The Balaban J connectivity index is 2.39. The summed E-state index contributed by atoms with van der Waals surface area (Å²) in [6.07, 6.45) is 0. The predicted octanol–water partition coefficient (Wildman–Crippen LogP) is 0.315. The second kappa shape index (κ2) is 3.72. The molecule has 1 atom stereocenters. The van der Waals surface area contributed by atoms with E-state index in [1.807, 2.05) is 6.92 Å². The summed E-state index contributed by atoms with van der Waals surface area (Å²) < 4.78 is 5.12. The molecule has 0 spiro atoms. The van der Waals surface area contributed by atoms with E-state index in [-0.39, 0.29) is 11.8 Å². The van der Waals surface area contributed by atoms with Crippen molar-refractivity contribution in [2.45, 2.75) is 6.92 Å². The standard InChI is InChI=1S/C8H14NO2/c1-7(2)8(10)9-3-5-11-6-4-9/h7H,1,3-6H2,2H3/t7-/m0/s1. The Labute approximate surface area is 67.3 Å². The largest absolute Gasteiger partial charge is 0.378 e. The highest BCUT2D eigenvalue weighted by Gasteiger charge is 2.18. The number of hydrogen-bond donors (Lipinski definition) is 0. The first-order valence-corrected chi connectivity index (χ1v) is 3.91. The number of nitrogens with zero attached hydrogens (tertiary/aromatic N) is 1. The molecule has 0 aromatic rings. The molecule has 1 aliphatic heterocycles. The van der Waals surface area contributed by atoms with Crippen LogP contribution >= 0.6 is 0 Å². The van der Waals surface area contributed by atoms with Crippen LogP contribution in [0.25, 0.3) is 0 Å². The van der Waals surface area contributed by atoms with Gasteiger partial charge in [0.2, 0.25) is 5.91 Å². The van der Waals surface area contributed by atoms with Crippen LogP contribution in [0, 0.1) is 12.8 Å². The van der Waals surface area contributed by atoms with Gasteiger partial charge in [-0.1, -0.05) is 6.92 Å². The lowest BCUT2D eigenvalue weighted by Gasteiger charge is -2.28. The number of carbonyl (C=O) groups is 1. The highest BCUT2D eigenvalue weighted by molar-refractivity contribution is 5.79. The maximum atomic E-state index is 11.3. The fourth-order valence-corrected chi connectivity index (χ4v) is 1.10. The van der Waals surface area contributed by atoms with E-state index in [0.717, 1.165) is 13.1 Å². The van der Waals surface area contributed by atoms with Crippen LogP contribution in [0.15, 0.2) is 0 Å². The van der Waals surface area contributed by atoms with Crippen molar-refractivity contribution in [2.75, 3.05) is 26.3 Å². The molecule has 0 aromatic heterocycles. The first kappa shape index (κ1) is 8.53.